The molecule has 1 N–H and O–H groups in total. The first kappa shape index (κ1) is 14.8. The second kappa shape index (κ2) is 6.58. The number of carboxylic acid groups (broad SMARTS) is 1. The molecule has 1 fully saturated rings. The van der Waals surface area contributed by atoms with E-state index in [0.29, 0.717) is 38.1 Å². The van der Waals surface area contributed by atoms with Crippen LogP contribution in [0.2, 0.25) is 0 Å². The van der Waals surface area contributed by atoms with E-state index in [1.807, 2.05) is 0 Å². The SMILES string of the molecule is COCCN(CC(=O)O)C(=O)N1CC(C)C(C)C1. The van der Waals surface area contributed by atoms with Gasteiger partial charge in [-0.2, -0.15) is 0 Å². The number of carboxylic acids is 1. The van der Waals surface area contributed by atoms with Gasteiger partial charge in [-0.3, -0.25) is 4.79 Å². The van der Waals surface area contributed by atoms with Gasteiger partial charge in [-0.05, 0) is 11.8 Å². The van der Waals surface area contributed by atoms with Crippen LogP contribution in [0.4, 0.5) is 4.79 Å². The molecule has 1 aliphatic heterocycles. The van der Waals surface area contributed by atoms with Gasteiger partial charge in [-0.25, -0.2) is 4.79 Å². The molecule has 0 aromatic carbocycles. The van der Waals surface area contributed by atoms with E-state index in [-0.39, 0.29) is 12.6 Å². The van der Waals surface area contributed by atoms with Crippen molar-refractivity contribution >= 4 is 12.0 Å². The molecule has 0 radical (unpaired) electrons. The van der Waals surface area contributed by atoms with Crippen LogP contribution in [0.3, 0.4) is 0 Å². The molecule has 1 aliphatic rings. The van der Waals surface area contributed by atoms with Gasteiger partial charge >= 0.3 is 12.0 Å². The summed E-state index contributed by atoms with van der Waals surface area (Å²) in [5.74, 6) is -0.0779. The monoisotopic (exact) mass is 258 g/mol. The molecule has 0 aromatic rings. The lowest BCUT2D eigenvalue weighted by Crippen LogP contribution is -2.45. The lowest BCUT2D eigenvalue weighted by atomic mass is 10.0. The zero-order valence-corrected chi connectivity index (χ0v) is 11.3. The van der Waals surface area contributed by atoms with Gasteiger partial charge in [-0.1, -0.05) is 13.8 Å². The van der Waals surface area contributed by atoms with E-state index in [1.54, 1.807) is 4.90 Å². The van der Waals surface area contributed by atoms with Crippen molar-refractivity contribution in [2.24, 2.45) is 11.8 Å². The molecule has 6 heteroatoms. The zero-order chi connectivity index (χ0) is 13.7. The molecule has 1 rings (SSSR count). The van der Waals surface area contributed by atoms with Crippen LogP contribution in [0.5, 0.6) is 0 Å². The summed E-state index contributed by atoms with van der Waals surface area (Å²) in [7, 11) is 1.53. The summed E-state index contributed by atoms with van der Waals surface area (Å²) in [6, 6.07) is -0.203. The van der Waals surface area contributed by atoms with Crippen molar-refractivity contribution in [1.29, 1.82) is 0 Å². The van der Waals surface area contributed by atoms with Gasteiger partial charge in [0, 0.05) is 26.7 Å². The third-order valence-electron chi connectivity index (χ3n) is 3.42. The third-order valence-corrected chi connectivity index (χ3v) is 3.42. The number of carbonyl (C=O) groups is 2. The van der Waals surface area contributed by atoms with E-state index in [1.165, 1.54) is 12.0 Å². The van der Waals surface area contributed by atoms with Crippen molar-refractivity contribution in [2.75, 3.05) is 39.9 Å². The van der Waals surface area contributed by atoms with Crippen LogP contribution in [0.1, 0.15) is 13.8 Å². The van der Waals surface area contributed by atoms with Crippen LogP contribution >= 0.6 is 0 Å². The Kier molecular flexibility index (Phi) is 5.40. The number of ether oxygens (including phenoxy) is 1. The van der Waals surface area contributed by atoms with Crippen molar-refractivity contribution in [3.8, 4) is 0 Å². The number of hydrogen-bond donors (Lipinski definition) is 1. The van der Waals surface area contributed by atoms with Crippen LogP contribution in [0.25, 0.3) is 0 Å². The van der Waals surface area contributed by atoms with Gasteiger partial charge in [-0.15, -0.1) is 0 Å². The molecular formula is C12H22N2O4. The number of carbonyl (C=O) groups excluding carboxylic acids is 1. The van der Waals surface area contributed by atoms with Crippen molar-refractivity contribution < 1.29 is 19.4 Å². The summed E-state index contributed by atoms with van der Waals surface area (Å²) in [4.78, 5) is 26.0. The number of rotatable bonds is 5. The highest BCUT2D eigenvalue weighted by Crippen LogP contribution is 2.23. The summed E-state index contributed by atoms with van der Waals surface area (Å²) in [5, 5.41) is 8.83. The Morgan fingerprint density at radius 1 is 1.33 bits per heavy atom. The minimum atomic E-state index is -1.00. The summed E-state index contributed by atoms with van der Waals surface area (Å²) in [6.45, 7) is 5.98. The highest BCUT2D eigenvalue weighted by molar-refractivity contribution is 5.80. The third kappa shape index (κ3) is 3.87. The predicted octanol–water partition coefficient (Wildman–Crippen LogP) is 0.727. The molecule has 2 amide bonds. The Hall–Kier alpha value is -1.30. The van der Waals surface area contributed by atoms with Crippen LogP contribution in [-0.2, 0) is 9.53 Å². The zero-order valence-electron chi connectivity index (χ0n) is 11.3. The molecule has 0 aromatic heterocycles. The van der Waals surface area contributed by atoms with Crippen LogP contribution in [0, 0.1) is 11.8 Å². The Bertz CT molecular complexity index is 298. The van der Waals surface area contributed by atoms with Gasteiger partial charge in [0.1, 0.15) is 6.54 Å². The highest BCUT2D eigenvalue weighted by Gasteiger charge is 2.32. The highest BCUT2D eigenvalue weighted by atomic mass is 16.5. The Morgan fingerprint density at radius 2 is 1.89 bits per heavy atom. The molecule has 1 heterocycles. The summed E-state index contributed by atoms with van der Waals surface area (Å²) >= 11 is 0. The number of methoxy groups -OCH3 is 1. The van der Waals surface area contributed by atoms with Crippen molar-refractivity contribution in [3.63, 3.8) is 0 Å². The standard InChI is InChI=1S/C12H22N2O4/c1-9-6-14(7-10(9)2)12(17)13(4-5-18-3)8-11(15)16/h9-10H,4-8H2,1-3H3,(H,15,16). The van der Waals surface area contributed by atoms with Crippen LogP contribution < -0.4 is 0 Å². The van der Waals surface area contributed by atoms with E-state index in [0.717, 1.165) is 0 Å². The van der Waals surface area contributed by atoms with Crippen LogP contribution in [0.15, 0.2) is 0 Å². The molecular weight excluding hydrogens is 236 g/mol. The number of urea groups is 1. The molecule has 0 spiro atoms. The maximum Gasteiger partial charge on any atom is 0.323 e. The van der Waals surface area contributed by atoms with E-state index in [9.17, 15) is 9.59 Å². The predicted molar refractivity (Wildman–Crippen MR) is 66.4 cm³/mol. The number of aliphatic carboxylic acids is 1. The summed E-state index contributed by atoms with van der Waals surface area (Å²) in [6.07, 6.45) is 0. The largest absolute Gasteiger partial charge is 0.480 e. The topological polar surface area (TPSA) is 70.1 Å². The maximum atomic E-state index is 12.2. The van der Waals surface area contributed by atoms with Crippen LogP contribution in [-0.4, -0.2) is 66.8 Å². The molecule has 2 unspecified atom stereocenters. The number of amides is 2. The molecule has 0 saturated carbocycles. The number of hydrogen-bond acceptors (Lipinski definition) is 3. The molecule has 0 aliphatic carbocycles. The van der Waals surface area contributed by atoms with Crippen molar-refractivity contribution in [1.82, 2.24) is 9.80 Å². The van der Waals surface area contributed by atoms with E-state index >= 15 is 0 Å². The van der Waals surface area contributed by atoms with Gasteiger partial charge < -0.3 is 19.6 Å². The van der Waals surface area contributed by atoms with Crippen molar-refractivity contribution in [2.45, 2.75) is 13.8 Å². The van der Waals surface area contributed by atoms with Gasteiger partial charge in [0.2, 0.25) is 0 Å². The minimum absolute atomic E-state index is 0.203. The Labute approximate surface area is 107 Å². The van der Waals surface area contributed by atoms with Gasteiger partial charge in [0.05, 0.1) is 6.61 Å². The minimum Gasteiger partial charge on any atom is -0.480 e. The first-order valence-corrected chi connectivity index (χ1v) is 6.20. The lowest BCUT2D eigenvalue weighted by molar-refractivity contribution is -0.137. The van der Waals surface area contributed by atoms with Crippen molar-refractivity contribution in [3.05, 3.63) is 0 Å². The van der Waals surface area contributed by atoms with Gasteiger partial charge in [0.15, 0.2) is 0 Å². The number of nitrogens with zero attached hydrogens (tertiary/aromatic N) is 2. The molecule has 6 nitrogen and oxygen atoms in total. The Morgan fingerprint density at radius 3 is 2.33 bits per heavy atom. The fourth-order valence-corrected chi connectivity index (χ4v) is 2.09. The first-order valence-electron chi connectivity index (χ1n) is 6.20. The lowest BCUT2D eigenvalue weighted by Gasteiger charge is -2.26. The average Bonchev–Trinajstić information content (AvgIpc) is 2.63. The molecule has 2 atom stereocenters. The van der Waals surface area contributed by atoms with E-state index < -0.39 is 5.97 Å². The second-order valence-corrected chi connectivity index (χ2v) is 4.95. The molecule has 1 saturated heterocycles. The van der Waals surface area contributed by atoms with Gasteiger partial charge in [0.25, 0.3) is 0 Å². The molecule has 0 bridgehead atoms. The fraction of sp³-hybridized carbons (Fsp3) is 0.833. The first-order chi connectivity index (χ1) is 8.45. The smallest absolute Gasteiger partial charge is 0.323 e. The molecule has 18 heavy (non-hydrogen) atoms. The normalized spacial score (nSPS) is 23.2. The van der Waals surface area contributed by atoms with E-state index in [2.05, 4.69) is 13.8 Å². The van der Waals surface area contributed by atoms with E-state index in [4.69, 9.17) is 9.84 Å². The summed E-state index contributed by atoms with van der Waals surface area (Å²) in [5.41, 5.74) is 0. The molecule has 104 valence electrons. The second-order valence-electron chi connectivity index (χ2n) is 4.95. The average molecular weight is 258 g/mol. The maximum absolute atomic E-state index is 12.2. The fourth-order valence-electron chi connectivity index (χ4n) is 2.09. The number of likely N-dealkylation sites (tertiary alicyclic amines) is 1. The Balaban J connectivity index is 2.61. The summed E-state index contributed by atoms with van der Waals surface area (Å²) < 4.78 is 4.90. The quantitative estimate of drug-likeness (QED) is 0.789.